The van der Waals surface area contributed by atoms with Crippen molar-refractivity contribution in [2.75, 3.05) is 6.61 Å². The van der Waals surface area contributed by atoms with Gasteiger partial charge in [-0.05, 0) is 64.3 Å². The molecule has 0 spiro atoms. The number of benzene rings is 1. The Morgan fingerprint density at radius 2 is 1.41 bits per heavy atom. The Balaban J connectivity index is 1.99. The summed E-state index contributed by atoms with van der Waals surface area (Å²) < 4.78 is 11.1. The Labute approximate surface area is 204 Å². The van der Waals surface area contributed by atoms with Crippen LogP contribution in [-0.2, 0) is 14.3 Å². The van der Waals surface area contributed by atoms with Crippen molar-refractivity contribution in [2.45, 2.75) is 110 Å². The molecule has 7 heteroatoms. The van der Waals surface area contributed by atoms with Crippen LogP contribution < -0.4 is 10.1 Å². The van der Waals surface area contributed by atoms with Gasteiger partial charge in [0, 0.05) is 6.42 Å². The SMILES string of the molecule is CCC(NC(=O)CCCCCCCCCCCOc1ccc(C(=O)OC(C)(C)C)cc1)C(=O)O. The van der Waals surface area contributed by atoms with Crippen molar-refractivity contribution in [1.82, 2.24) is 5.32 Å². The molecular weight excluding hydrogens is 434 g/mol. The molecule has 7 nitrogen and oxygen atoms in total. The number of amides is 1. The molecule has 0 fully saturated rings. The Bertz CT molecular complexity index is 738. The number of ether oxygens (including phenoxy) is 2. The highest BCUT2D eigenvalue weighted by Crippen LogP contribution is 2.17. The van der Waals surface area contributed by atoms with Gasteiger partial charge in [0.15, 0.2) is 0 Å². The van der Waals surface area contributed by atoms with Gasteiger partial charge in [0.1, 0.15) is 17.4 Å². The van der Waals surface area contributed by atoms with Crippen LogP contribution >= 0.6 is 0 Å². The van der Waals surface area contributed by atoms with E-state index in [1.807, 2.05) is 20.8 Å². The van der Waals surface area contributed by atoms with Crippen LogP contribution in [-0.4, -0.2) is 41.2 Å². The van der Waals surface area contributed by atoms with Crippen molar-refractivity contribution in [3.63, 3.8) is 0 Å². The first-order valence-corrected chi connectivity index (χ1v) is 12.6. The average molecular weight is 478 g/mol. The molecule has 1 aromatic rings. The van der Waals surface area contributed by atoms with Crippen LogP contribution in [0.15, 0.2) is 24.3 Å². The summed E-state index contributed by atoms with van der Waals surface area (Å²) in [7, 11) is 0. The van der Waals surface area contributed by atoms with E-state index in [0.717, 1.165) is 44.3 Å². The molecule has 192 valence electrons. The van der Waals surface area contributed by atoms with Gasteiger partial charge in [0.2, 0.25) is 5.91 Å². The summed E-state index contributed by atoms with van der Waals surface area (Å²) in [6, 6.07) is 6.29. The summed E-state index contributed by atoms with van der Waals surface area (Å²) in [6.07, 6.45) is 10.5. The van der Waals surface area contributed by atoms with Gasteiger partial charge in [-0.25, -0.2) is 9.59 Å². The maximum Gasteiger partial charge on any atom is 0.338 e. The van der Waals surface area contributed by atoms with Gasteiger partial charge in [0.05, 0.1) is 12.2 Å². The van der Waals surface area contributed by atoms with Gasteiger partial charge in [-0.2, -0.15) is 0 Å². The molecule has 0 aromatic heterocycles. The van der Waals surface area contributed by atoms with Crippen LogP contribution in [0, 0.1) is 0 Å². The molecule has 1 amide bonds. The predicted molar refractivity (Wildman–Crippen MR) is 133 cm³/mol. The standard InChI is InChI=1S/C27H43NO6/c1-5-23(25(30)31)28-24(29)15-13-11-9-7-6-8-10-12-14-20-33-22-18-16-21(17-19-22)26(32)34-27(2,3)4/h16-19,23H,5-15,20H2,1-4H3,(H,28,29)(H,30,31). The zero-order valence-corrected chi connectivity index (χ0v) is 21.4. The van der Waals surface area contributed by atoms with Crippen LogP contribution in [0.3, 0.4) is 0 Å². The summed E-state index contributed by atoms with van der Waals surface area (Å²) in [4.78, 5) is 34.7. The van der Waals surface area contributed by atoms with Crippen LogP contribution in [0.2, 0.25) is 0 Å². The maximum atomic E-state index is 12.0. The number of carbonyl (C=O) groups is 3. The summed E-state index contributed by atoms with van der Waals surface area (Å²) in [5.74, 6) is -0.716. The molecule has 0 aliphatic carbocycles. The van der Waals surface area contributed by atoms with Crippen LogP contribution in [0.25, 0.3) is 0 Å². The first kappa shape index (κ1) is 29.5. The number of carbonyl (C=O) groups excluding carboxylic acids is 2. The second kappa shape index (κ2) is 16.1. The summed E-state index contributed by atoms with van der Waals surface area (Å²) in [6.45, 7) is 7.95. The minimum atomic E-state index is -0.976. The van der Waals surface area contributed by atoms with Crippen molar-refractivity contribution in [2.24, 2.45) is 0 Å². The molecular formula is C27H43NO6. The molecule has 0 saturated heterocycles. The van der Waals surface area contributed by atoms with Crippen LogP contribution in [0.1, 0.15) is 109 Å². The molecule has 1 unspecified atom stereocenters. The second-order valence-electron chi connectivity index (χ2n) is 9.67. The third-order valence-corrected chi connectivity index (χ3v) is 5.35. The van der Waals surface area contributed by atoms with Gasteiger partial charge in [-0.3, -0.25) is 4.79 Å². The highest BCUT2D eigenvalue weighted by atomic mass is 16.6. The number of unbranched alkanes of at least 4 members (excludes halogenated alkanes) is 8. The van der Waals surface area contributed by atoms with Crippen molar-refractivity contribution in [3.05, 3.63) is 29.8 Å². The van der Waals surface area contributed by atoms with E-state index in [2.05, 4.69) is 5.32 Å². The zero-order valence-electron chi connectivity index (χ0n) is 21.4. The Morgan fingerprint density at radius 3 is 1.91 bits per heavy atom. The van der Waals surface area contributed by atoms with Crippen molar-refractivity contribution in [3.8, 4) is 5.75 Å². The molecule has 0 radical (unpaired) electrons. The Morgan fingerprint density at radius 1 is 0.882 bits per heavy atom. The van der Waals surface area contributed by atoms with E-state index in [0.29, 0.717) is 25.0 Å². The van der Waals surface area contributed by atoms with Gasteiger partial charge < -0.3 is 19.9 Å². The van der Waals surface area contributed by atoms with Gasteiger partial charge in [-0.15, -0.1) is 0 Å². The monoisotopic (exact) mass is 477 g/mol. The molecule has 1 atom stereocenters. The van der Waals surface area contributed by atoms with Gasteiger partial charge in [0.25, 0.3) is 0 Å². The van der Waals surface area contributed by atoms with Crippen molar-refractivity contribution in [1.29, 1.82) is 0 Å². The fourth-order valence-corrected chi connectivity index (χ4v) is 3.44. The largest absolute Gasteiger partial charge is 0.494 e. The molecule has 1 rings (SSSR count). The van der Waals surface area contributed by atoms with E-state index in [-0.39, 0.29) is 11.9 Å². The Kier molecular flexibility index (Phi) is 14.0. The Hall–Kier alpha value is -2.57. The number of rotatable bonds is 17. The van der Waals surface area contributed by atoms with E-state index in [1.165, 1.54) is 19.3 Å². The number of hydrogen-bond acceptors (Lipinski definition) is 5. The van der Waals surface area contributed by atoms with E-state index < -0.39 is 17.6 Å². The second-order valence-corrected chi connectivity index (χ2v) is 9.67. The van der Waals surface area contributed by atoms with E-state index in [9.17, 15) is 14.4 Å². The smallest absolute Gasteiger partial charge is 0.338 e. The molecule has 0 aliphatic rings. The minimum Gasteiger partial charge on any atom is -0.494 e. The lowest BCUT2D eigenvalue weighted by molar-refractivity contribution is -0.141. The molecule has 0 aliphatic heterocycles. The van der Waals surface area contributed by atoms with Gasteiger partial charge >= 0.3 is 11.9 Å². The zero-order chi connectivity index (χ0) is 25.4. The lowest BCUT2D eigenvalue weighted by Gasteiger charge is -2.19. The number of carboxylic acids is 1. The fraction of sp³-hybridized carbons (Fsp3) is 0.667. The highest BCUT2D eigenvalue weighted by molar-refractivity contribution is 5.89. The van der Waals surface area contributed by atoms with E-state index >= 15 is 0 Å². The molecule has 0 bridgehead atoms. The number of carboxylic acid groups (broad SMARTS) is 1. The molecule has 1 aromatic carbocycles. The van der Waals surface area contributed by atoms with Crippen LogP contribution in [0.4, 0.5) is 0 Å². The quantitative estimate of drug-likeness (QED) is 0.214. The predicted octanol–water partition coefficient (Wildman–Crippen LogP) is 5.90. The lowest BCUT2D eigenvalue weighted by Crippen LogP contribution is -2.40. The van der Waals surface area contributed by atoms with Crippen molar-refractivity contribution >= 4 is 17.8 Å². The topological polar surface area (TPSA) is 102 Å². The number of hydrogen-bond donors (Lipinski definition) is 2. The summed E-state index contributed by atoms with van der Waals surface area (Å²) >= 11 is 0. The molecule has 34 heavy (non-hydrogen) atoms. The number of nitrogens with one attached hydrogen (secondary N) is 1. The summed E-state index contributed by atoms with van der Waals surface area (Å²) in [5, 5.41) is 11.5. The highest BCUT2D eigenvalue weighted by Gasteiger charge is 2.18. The summed E-state index contributed by atoms with van der Waals surface area (Å²) in [5.41, 5.74) is 0.0156. The first-order valence-electron chi connectivity index (χ1n) is 12.6. The van der Waals surface area contributed by atoms with E-state index in [4.69, 9.17) is 14.6 Å². The molecule has 0 saturated carbocycles. The maximum absolute atomic E-state index is 12.0. The minimum absolute atomic E-state index is 0.171. The number of esters is 1. The molecule has 2 N–H and O–H groups in total. The average Bonchev–Trinajstić information content (AvgIpc) is 2.77. The fourth-order valence-electron chi connectivity index (χ4n) is 3.44. The third kappa shape index (κ3) is 13.9. The third-order valence-electron chi connectivity index (χ3n) is 5.35. The van der Waals surface area contributed by atoms with E-state index in [1.54, 1.807) is 31.2 Å². The normalized spacial score (nSPS) is 12.1. The van der Waals surface area contributed by atoms with Gasteiger partial charge in [-0.1, -0.05) is 51.9 Å². The van der Waals surface area contributed by atoms with Crippen molar-refractivity contribution < 1.29 is 29.0 Å². The molecule has 0 heterocycles. The number of aliphatic carboxylic acids is 1. The first-order chi connectivity index (χ1) is 16.1. The lowest BCUT2D eigenvalue weighted by atomic mass is 10.1. The van der Waals surface area contributed by atoms with Crippen LogP contribution in [0.5, 0.6) is 5.75 Å².